The Kier molecular flexibility index (Phi) is 3.41. The van der Waals surface area contributed by atoms with E-state index in [0.29, 0.717) is 5.89 Å². The molecule has 2 heterocycles. The molecule has 0 amide bonds. The molecule has 2 rings (SSSR count). The lowest BCUT2D eigenvalue weighted by Gasteiger charge is -1.98. The predicted octanol–water partition coefficient (Wildman–Crippen LogP) is 1.17. The van der Waals surface area contributed by atoms with Crippen molar-refractivity contribution < 1.29 is 4.52 Å². The first-order valence-corrected chi connectivity index (χ1v) is 5.60. The van der Waals surface area contributed by atoms with Crippen LogP contribution in [0.3, 0.4) is 0 Å². The summed E-state index contributed by atoms with van der Waals surface area (Å²) in [6.07, 6.45) is 2.17. The first kappa shape index (κ1) is 10.3. The van der Waals surface area contributed by atoms with Crippen LogP contribution in [-0.2, 0) is 13.0 Å². The second kappa shape index (κ2) is 4.99. The Bertz CT molecular complexity index is 398. The number of aryl methyl sites for hydroxylation is 1. The van der Waals surface area contributed by atoms with Gasteiger partial charge in [-0.2, -0.15) is 4.98 Å². The molecule has 1 N–H and O–H groups in total. The highest BCUT2D eigenvalue weighted by molar-refractivity contribution is 7.09. The fraction of sp³-hybridized carbons (Fsp3) is 0.444. The van der Waals surface area contributed by atoms with Gasteiger partial charge in [0.1, 0.15) is 0 Å². The van der Waals surface area contributed by atoms with Crippen LogP contribution in [0.5, 0.6) is 0 Å². The molecule has 2 aromatic rings. The molecule has 0 bridgehead atoms. The Labute approximate surface area is 91.5 Å². The first-order valence-electron chi connectivity index (χ1n) is 4.72. The van der Waals surface area contributed by atoms with Gasteiger partial charge in [-0.3, -0.25) is 0 Å². The number of hydrogen-bond acceptors (Lipinski definition) is 6. The van der Waals surface area contributed by atoms with Gasteiger partial charge in [-0.25, -0.2) is 4.98 Å². The molecule has 0 radical (unpaired) electrons. The molecule has 0 atom stereocenters. The molecule has 5 nitrogen and oxygen atoms in total. The Balaban J connectivity index is 1.67. The van der Waals surface area contributed by atoms with Crippen molar-refractivity contribution >= 4 is 11.3 Å². The number of hydrogen-bond donors (Lipinski definition) is 1. The third kappa shape index (κ3) is 3.10. The van der Waals surface area contributed by atoms with Crippen molar-refractivity contribution in [2.75, 3.05) is 6.54 Å². The minimum atomic E-state index is 0.664. The molecule has 0 saturated heterocycles. The largest absolute Gasteiger partial charge is 0.340 e. The lowest BCUT2D eigenvalue weighted by Crippen LogP contribution is -2.16. The van der Waals surface area contributed by atoms with E-state index >= 15 is 0 Å². The topological polar surface area (TPSA) is 63.8 Å². The standard InChI is InChI=1S/C9H12N4OS/c1-7-13-8(5-15-7)4-10-3-2-9-11-6-12-14-9/h5-6,10H,2-4H2,1H3. The van der Waals surface area contributed by atoms with Gasteiger partial charge in [0.15, 0.2) is 6.33 Å². The van der Waals surface area contributed by atoms with Crippen LogP contribution < -0.4 is 5.32 Å². The van der Waals surface area contributed by atoms with Gasteiger partial charge in [0, 0.05) is 24.9 Å². The lowest BCUT2D eigenvalue weighted by atomic mass is 10.4. The Hall–Kier alpha value is -1.27. The summed E-state index contributed by atoms with van der Waals surface area (Å²) in [5.41, 5.74) is 1.09. The van der Waals surface area contributed by atoms with Crippen molar-refractivity contribution in [1.82, 2.24) is 20.4 Å². The summed E-state index contributed by atoms with van der Waals surface area (Å²) in [4.78, 5) is 8.28. The molecule has 0 spiro atoms. The van der Waals surface area contributed by atoms with Crippen LogP contribution in [0.25, 0.3) is 0 Å². The summed E-state index contributed by atoms with van der Waals surface area (Å²) in [5, 5.41) is 9.97. The monoisotopic (exact) mass is 224 g/mol. The zero-order chi connectivity index (χ0) is 10.5. The van der Waals surface area contributed by atoms with Gasteiger partial charge in [0.05, 0.1) is 10.7 Å². The molecule has 15 heavy (non-hydrogen) atoms. The smallest absolute Gasteiger partial charge is 0.227 e. The van der Waals surface area contributed by atoms with Crippen molar-refractivity contribution in [2.45, 2.75) is 19.9 Å². The summed E-state index contributed by atoms with van der Waals surface area (Å²) in [6, 6.07) is 0. The fourth-order valence-electron chi connectivity index (χ4n) is 1.21. The quantitative estimate of drug-likeness (QED) is 0.772. The summed E-state index contributed by atoms with van der Waals surface area (Å²) in [5.74, 6) is 0.664. The van der Waals surface area contributed by atoms with Crippen LogP contribution in [0.15, 0.2) is 16.2 Å². The molecule has 0 saturated carbocycles. The SMILES string of the molecule is Cc1nc(CNCCc2ncno2)cs1. The molecule has 0 aliphatic carbocycles. The van der Waals surface area contributed by atoms with Crippen LogP contribution >= 0.6 is 11.3 Å². The Morgan fingerprint density at radius 1 is 1.53 bits per heavy atom. The first-order chi connectivity index (χ1) is 7.34. The molecule has 6 heteroatoms. The third-order valence-corrected chi connectivity index (χ3v) is 2.72. The number of thiazole rings is 1. The van der Waals surface area contributed by atoms with Crippen LogP contribution in [0.4, 0.5) is 0 Å². The zero-order valence-electron chi connectivity index (χ0n) is 8.43. The maximum Gasteiger partial charge on any atom is 0.227 e. The molecule has 0 aliphatic heterocycles. The Morgan fingerprint density at radius 3 is 3.13 bits per heavy atom. The van der Waals surface area contributed by atoms with E-state index in [1.807, 2.05) is 6.92 Å². The zero-order valence-corrected chi connectivity index (χ0v) is 9.25. The van der Waals surface area contributed by atoms with Crippen molar-refractivity contribution in [2.24, 2.45) is 0 Å². The van der Waals surface area contributed by atoms with Crippen LogP contribution in [-0.4, -0.2) is 21.7 Å². The molecule has 2 aromatic heterocycles. The number of aromatic nitrogens is 3. The molecule has 0 aliphatic rings. The molecular formula is C9H12N4OS. The van der Waals surface area contributed by atoms with E-state index in [4.69, 9.17) is 4.52 Å². The highest BCUT2D eigenvalue weighted by Gasteiger charge is 2.00. The average Bonchev–Trinajstić information content (AvgIpc) is 2.84. The highest BCUT2D eigenvalue weighted by atomic mass is 32.1. The highest BCUT2D eigenvalue weighted by Crippen LogP contribution is 2.07. The van der Waals surface area contributed by atoms with Gasteiger partial charge in [-0.05, 0) is 6.92 Å². The molecule has 0 fully saturated rings. The maximum absolute atomic E-state index is 4.88. The maximum atomic E-state index is 4.88. The summed E-state index contributed by atoms with van der Waals surface area (Å²) >= 11 is 1.67. The van der Waals surface area contributed by atoms with Gasteiger partial charge >= 0.3 is 0 Å². The van der Waals surface area contributed by atoms with E-state index in [1.165, 1.54) is 6.33 Å². The number of nitrogens with one attached hydrogen (secondary N) is 1. The van der Waals surface area contributed by atoms with Crippen LogP contribution in [0, 0.1) is 6.92 Å². The van der Waals surface area contributed by atoms with Crippen molar-refractivity contribution in [3.05, 3.63) is 28.3 Å². The fourth-order valence-corrected chi connectivity index (χ4v) is 1.82. The minimum Gasteiger partial charge on any atom is -0.340 e. The number of nitrogens with zero attached hydrogens (tertiary/aromatic N) is 3. The van der Waals surface area contributed by atoms with Gasteiger partial charge in [0.25, 0.3) is 0 Å². The van der Waals surface area contributed by atoms with Gasteiger partial charge < -0.3 is 9.84 Å². The average molecular weight is 224 g/mol. The van der Waals surface area contributed by atoms with Gasteiger partial charge in [-0.15, -0.1) is 11.3 Å². The van der Waals surface area contributed by atoms with Crippen molar-refractivity contribution in [3.63, 3.8) is 0 Å². The van der Waals surface area contributed by atoms with Crippen molar-refractivity contribution in [3.8, 4) is 0 Å². The predicted molar refractivity (Wildman–Crippen MR) is 56.6 cm³/mol. The summed E-state index contributed by atoms with van der Waals surface area (Å²) in [7, 11) is 0. The van der Waals surface area contributed by atoms with Gasteiger partial charge in [0.2, 0.25) is 5.89 Å². The second-order valence-electron chi connectivity index (χ2n) is 3.12. The van der Waals surface area contributed by atoms with E-state index in [2.05, 4.69) is 25.8 Å². The summed E-state index contributed by atoms with van der Waals surface area (Å²) < 4.78 is 4.88. The molecule has 80 valence electrons. The van der Waals surface area contributed by atoms with Crippen LogP contribution in [0.2, 0.25) is 0 Å². The van der Waals surface area contributed by atoms with E-state index < -0.39 is 0 Å². The van der Waals surface area contributed by atoms with E-state index in [0.717, 1.165) is 30.2 Å². The van der Waals surface area contributed by atoms with E-state index in [9.17, 15) is 0 Å². The van der Waals surface area contributed by atoms with E-state index in [1.54, 1.807) is 11.3 Å². The molecular weight excluding hydrogens is 212 g/mol. The second-order valence-corrected chi connectivity index (χ2v) is 4.18. The van der Waals surface area contributed by atoms with E-state index in [-0.39, 0.29) is 0 Å². The van der Waals surface area contributed by atoms with Crippen molar-refractivity contribution in [1.29, 1.82) is 0 Å². The summed E-state index contributed by atoms with van der Waals surface area (Å²) in [6.45, 7) is 3.61. The lowest BCUT2D eigenvalue weighted by molar-refractivity contribution is 0.375. The molecule has 0 aromatic carbocycles. The normalized spacial score (nSPS) is 10.7. The van der Waals surface area contributed by atoms with Crippen LogP contribution in [0.1, 0.15) is 16.6 Å². The Morgan fingerprint density at radius 2 is 2.47 bits per heavy atom. The molecule has 0 unspecified atom stereocenters. The van der Waals surface area contributed by atoms with Gasteiger partial charge in [-0.1, -0.05) is 5.16 Å². The third-order valence-electron chi connectivity index (χ3n) is 1.90. The minimum absolute atomic E-state index is 0.664. The number of rotatable bonds is 5.